The van der Waals surface area contributed by atoms with Gasteiger partial charge >= 0.3 is 6.18 Å². The zero-order valence-electron chi connectivity index (χ0n) is 15.5. The third-order valence-corrected chi connectivity index (χ3v) is 5.67. The molecule has 0 aromatic carbocycles. The van der Waals surface area contributed by atoms with Gasteiger partial charge in [0.05, 0.1) is 16.3 Å². The van der Waals surface area contributed by atoms with Gasteiger partial charge in [-0.25, -0.2) is 9.97 Å². The molecule has 3 heterocycles. The number of anilines is 1. The number of pyridine rings is 1. The Bertz CT molecular complexity index is 714. The first-order chi connectivity index (χ1) is 13.0. The molecular formula is C19H25F3N4S. The summed E-state index contributed by atoms with van der Waals surface area (Å²) in [5.41, 5.74) is 0.414. The van der Waals surface area contributed by atoms with Gasteiger partial charge in [0.15, 0.2) is 0 Å². The number of hydrogen-bond donors (Lipinski definition) is 0. The number of rotatable bonds is 6. The Balaban J connectivity index is 1.55. The molecule has 148 valence electrons. The molecule has 1 fully saturated rings. The average molecular weight is 398 g/mol. The Labute approximate surface area is 162 Å². The maximum absolute atomic E-state index is 12.7. The fourth-order valence-electron chi connectivity index (χ4n) is 3.19. The predicted octanol–water partition coefficient (Wildman–Crippen LogP) is 4.61. The summed E-state index contributed by atoms with van der Waals surface area (Å²) >= 11 is 1.73. The molecular weight excluding hydrogens is 373 g/mol. The van der Waals surface area contributed by atoms with Crippen molar-refractivity contribution in [3.8, 4) is 0 Å². The molecule has 2 aromatic heterocycles. The zero-order valence-corrected chi connectivity index (χ0v) is 16.3. The van der Waals surface area contributed by atoms with Crippen LogP contribution in [0.2, 0.25) is 0 Å². The first kappa shape index (κ1) is 20.1. The topological polar surface area (TPSA) is 32.3 Å². The maximum Gasteiger partial charge on any atom is 0.417 e. The van der Waals surface area contributed by atoms with Crippen LogP contribution in [0.4, 0.5) is 19.0 Å². The lowest BCUT2D eigenvalue weighted by Crippen LogP contribution is -2.31. The molecule has 0 aliphatic carbocycles. The van der Waals surface area contributed by atoms with E-state index in [9.17, 15) is 13.2 Å². The smallest absolute Gasteiger partial charge is 0.355 e. The number of hydrogen-bond acceptors (Lipinski definition) is 5. The predicted molar refractivity (Wildman–Crippen MR) is 102 cm³/mol. The van der Waals surface area contributed by atoms with Crippen LogP contribution in [0.3, 0.4) is 0 Å². The fourth-order valence-corrected chi connectivity index (χ4v) is 4.02. The zero-order chi connectivity index (χ0) is 19.3. The number of halogens is 3. The largest absolute Gasteiger partial charge is 0.417 e. The van der Waals surface area contributed by atoms with Gasteiger partial charge < -0.3 is 4.90 Å². The molecule has 0 saturated carbocycles. The summed E-state index contributed by atoms with van der Waals surface area (Å²) in [7, 11) is 0. The van der Waals surface area contributed by atoms with E-state index in [1.54, 1.807) is 11.3 Å². The molecule has 27 heavy (non-hydrogen) atoms. The molecule has 1 aliphatic heterocycles. The van der Waals surface area contributed by atoms with Crippen LogP contribution in [-0.2, 0) is 19.1 Å². The number of alkyl halides is 3. The number of unbranched alkanes of at least 4 members (excludes halogenated alkanes) is 1. The summed E-state index contributed by atoms with van der Waals surface area (Å²) in [4.78, 5) is 13.2. The van der Waals surface area contributed by atoms with Crippen molar-refractivity contribution >= 4 is 17.2 Å². The van der Waals surface area contributed by atoms with Gasteiger partial charge in [-0.1, -0.05) is 13.3 Å². The molecule has 0 spiro atoms. The van der Waals surface area contributed by atoms with Crippen molar-refractivity contribution in [2.45, 2.75) is 45.3 Å². The molecule has 3 rings (SSSR count). The monoisotopic (exact) mass is 398 g/mol. The van der Waals surface area contributed by atoms with Gasteiger partial charge in [-0.05, 0) is 31.4 Å². The second-order valence-electron chi connectivity index (χ2n) is 6.86. The third-order valence-electron chi connectivity index (χ3n) is 4.72. The lowest BCUT2D eigenvalue weighted by Gasteiger charge is -2.22. The standard InChI is InChI=1S/C19H25F3N4S/c1-2-3-5-18-24-16(14-27-18)13-25-8-4-9-26(11-10-25)17-7-6-15(12-23-17)19(20,21)22/h6-7,12,14H,2-5,8-11,13H2,1H3. The van der Waals surface area contributed by atoms with Crippen LogP contribution in [0.1, 0.15) is 42.5 Å². The van der Waals surface area contributed by atoms with Crippen molar-refractivity contribution in [2.24, 2.45) is 0 Å². The number of thiazole rings is 1. The van der Waals surface area contributed by atoms with Gasteiger partial charge in [0.25, 0.3) is 0 Å². The van der Waals surface area contributed by atoms with Crippen LogP contribution >= 0.6 is 11.3 Å². The molecule has 0 amide bonds. The Morgan fingerprint density at radius 2 is 2.00 bits per heavy atom. The quantitative estimate of drug-likeness (QED) is 0.711. The summed E-state index contributed by atoms with van der Waals surface area (Å²) in [6.07, 6.45) is 0.931. The van der Waals surface area contributed by atoms with Gasteiger partial charge in [0, 0.05) is 44.3 Å². The fraction of sp³-hybridized carbons (Fsp3) is 0.579. The Morgan fingerprint density at radius 3 is 2.70 bits per heavy atom. The molecule has 1 saturated heterocycles. The SMILES string of the molecule is CCCCc1nc(CN2CCCN(c3ccc(C(F)(F)F)cn3)CC2)cs1. The van der Waals surface area contributed by atoms with Crippen LogP contribution in [0.15, 0.2) is 23.7 Å². The Hall–Kier alpha value is -1.67. The van der Waals surface area contributed by atoms with Crippen molar-refractivity contribution in [2.75, 3.05) is 31.1 Å². The van der Waals surface area contributed by atoms with Crippen LogP contribution in [0.5, 0.6) is 0 Å². The summed E-state index contributed by atoms with van der Waals surface area (Å²) in [6.45, 7) is 6.38. The van der Waals surface area contributed by atoms with E-state index in [0.717, 1.165) is 63.5 Å². The van der Waals surface area contributed by atoms with Crippen molar-refractivity contribution in [1.29, 1.82) is 0 Å². The lowest BCUT2D eigenvalue weighted by molar-refractivity contribution is -0.137. The highest BCUT2D eigenvalue weighted by Gasteiger charge is 2.31. The van der Waals surface area contributed by atoms with Crippen LogP contribution < -0.4 is 4.90 Å². The van der Waals surface area contributed by atoms with Crippen LogP contribution in [0, 0.1) is 0 Å². The van der Waals surface area contributed by atoms with Crippen LogP contribution in [0.25, 0.3) is 0 Å². The minimum absolute atomic E-state index is 0.611. The van der Waals surface area contributed by atoms with E-state index < -0.39 is 11.7 Å². The Morgan fingerprint density at radius 1 is 1.15 bits per heavy atom. The van der Waals surface area contributed by atoms with Crippen molar-refractivity contribution in [1.82, 2.24) is 14.9 Å². The van der Waals surface area contributed by atoms with Crippen LogP contribution in [-0.4, -0.2) is 41.0 Å². The van der Waals surface area contributed by atoms with Gasteiger partial charge in [0.1, 0.15) is 5.82 Å². The second-order valence-corrected chi connectivity index (χ2v) is 7.80. The second kappa shape index (κ2) is 9.01. The summed E-state index contributed by atoms with van der Waals surface area (Å²) in [5, 5.41) is 3.35. The molecule has 4 nitrogen and oxygen atoms in total. The molecule has 0 N–H and O–H groups in total. The van der Waals surface area contributed by atoms with Gasteiger partial charge in [0.2, 0.25) is 0 Å². The molecule has 2 aromatic rings. The normalized spacial score (nSPS) is 16.5. The molecule has 8 heteroatoms. The highest BCUT2D eigenvalue weighted by Crippen LogP contribution is 2.29. The van der Waals surface area contributed by atoms with Gasteiger partial charge in [-0.3, -0.25) is 4.90 Å². The van der Waals surface area contributed by atoms with Crippen molar-refractivity contribution < 1.29 is 13.2 Å². The van der Waals surface area contributed by atoms with E-state index >= 15 is 0 Å². The number of aromatic nitrogens is 2. The Kier molecular flexibility index (Phi) is 6.70. The van der Waals surface area contributed by atoms with E-state index in [1.807, 2.05) is 0 Å². The van der Waals surface area contributed by atoms with E-state index in [0.29, 0.717) is 5.82 Å². The lowest BCUT2D eigenvalue weighted by atomic mass is 10.2. The van der Waals surface area contributed by atoms with E-state index in [-0.39, 0.29) is 0 Å². The average Bonchev–Trinajstić information content (AvgIpc) is 2.95. The molecule has 0 radical (unpaired) electrons. The molecule has 1 aliphatic rings. The van der Waals surface area contributed by atoms with E-state index in [2.05, 4.69) is 27.1 Å². The highest BCUT2D eigenvalue weighted by atomic mass is 32.1. The number of nitrogens with zero attached hydrogens (tertiary/aromatic N) is 4. The highest BCUT2D eigenvalue weighted by molar-refractivity contribution is 7.09. The third kappa shape index (κ3) is 5.65. The molecule has 0 atom stereocenters. The first-order valence-corrected chi connectivity index (χ1v) is 10.3. The summed E-state index contributed by atoms with van der Waals surface area (Å²) in [6, 6.07) is 2.58. The van der Waals surface area contributed by atoms with E-state index in [4.69, 9.17) is 4.98 Å². The molecule has 0 unspecified atom stereocenters. The summed E-state index contributed by atoms with van der Waals surface area (Å²) in [5.74, 6) is 0.611. The minimum Gasteiger partial charge on any atom is -0.355 e. The summed E-state index contributed by atoms with van der Waals surface area (Å²) < 4.78 is 38.1. The minimum atomic E-state index is -4.34. The van der Waals surface area contributed by atoms with Gasteiger partial charge in [-0.2, -0.15) is 13.2 Å². The van der Waals surface area contributed by atoms with Crippen molar-refractivity contribution in [3.63, 3.8) is 0 Å². The number of aryl methyl sites for hydroxylation is 1. The van der Waals surface area contributed by atoms with Gasteiger partial charge in [-0.15, -0.1) is 11.3 Å². The maximum atomic E-state index is 12.7. The first-order valence-electron chi connectivity index (χ1n) is 9.39. The molecule has 0 bridgehead atoms. The van der Waals surface area contributed by atoms with Crippen molar-refractivity contribution in [3.05, 3.63) is 40.0 Å². The van der Waals surface area contributed by atoms with E-state index in [1.165, 1.54) is 23.9 Å².